The van der Waals surface area contributed by atoms with Crippen LogP contribution in [0, 0.1) is 0 Å². The first-order valence-corrected chi connectivity index (χ1v) is 7.73. The lowest BCUT2D eigenvalue weighted by molar-refractivity contribution is 0.193. The topological polar surface area (TPSA) is 35.6 Å². The molecule has 1 heterocycles. The normalized spacial score (nSPS) is 24.7. The van der Waals surface area contributed by atoms with Crippen LogP contribution in [-0.4, -0.2) is 65.6 Å². The third-order valence-electron chi connectivity index (χ3n) is 3.33. The molecule has 0 aliphatic carbocycles. The average molecular weight is 273 g/mol. The number of hydrogen-bond acceptors (Lipinski definition) is 3. The fraction of sp³-hybridized carbons (Fsp3) is 0.923. The highest BCUT2D eigenvalue weighted by molar-refractivity contribution is 8.00. The maximum Gasteiger partial charge on any atom is 0.317 e. The number of nitrogens with one attached hydrogen (secondary N) is 1. The minimum atomic E-state index is 0.0890. The van der Waals surface area contributed by atoms with Crippen molar-refractivity contribution >= 4 is 17.8 Å². The van der Waals surface area contributed by atoms with E-state index in [1.165, 1.54) is 0 Å². The molecule has 0 radical (unpaired) electrons. The largest absolute Gasteiger partial charge is 0.337 e. The number of hydrogen-bond donors (Lipinski definition) is 1. The molecular formula is C13H27N3OS. The second kappa shape index (κ2) is 7.24. The van der Waals surface area contributed by atoms with Gasteiger partial charge in [0, 0.05) is 42.7 Å². The lowest BCUT2D eigenvalue weighted by Gasteiger charge is -2.34. The van der Waals surface area contributed by atoms with Gasteiger partial charge in [-0.1, -0.05) is 13.8 Å². The Morgan fingerprint density at radius 1 is 1.39 bits per heavy atom. The van der Waals surface area contributed by atoms with Crippen LogP contribution in [0.25, 0.3) is 0 Å². The number of rotatable bonds is 4. The summed E-state index contributed by atoms with van der Waals surface area (Å²) >= 11 is 1.97. The van der Waals surface area contributed by atoms with Crippen molar-refractivity contribution in [3.8, 4) is 0 Å². The number of thioether (sulfide) groups is 1. The predicted molar refractivity (Wildman–Crippen MR) is 79.3 cm³/mol. The number of urea groups is 1. The molecule has 0 aromatic carbocycles. The van der Waals surface area contributed by atoms with Gasteiger partial charge < -0.3 is 15.1 Å². The molecule has 106 valence electrons. The first-order chi connectivity index (χ1) is 8.40. The molecule has 0 bridgehead atoms. The van der Waals surface area contributed by atoms with E-state index in [1.54, 1.807) is 0 Å². The molecule has 0 aromatic rings. The third kappa shape index (κ3) is 5.06. The van der Waals surface area contributed by atoms with Crippen LogP contribution in [0.2, 0.25) is 0 Å². The molecule has 5 heteroatoms. The molecular weight excluding hydrogens is 246 g/mol. The Morgan fingerprint density at radius 3 is 2.44 bits per heavy atom. The maximum absolute atomic E-state index is 12.0. The first kappa shape index (κ1) is 15.6. The van der Waals surface area contributed by atoms with Gasteiger partial charge in [-0.05, 0) is 20.9 Å². The molecule has 2 atom stereocenters. The fourth-order valence-corrected chi connectivity index (χ4v) is 3.38. The zero-order valence-corrected chi connectivity index (χ0v) is 13.1. The van der Waals surface area contributed by atoms with Gasteiger partial charge >= 0.3 is 6.03 Å². The summed E-state index contributed by atoms with van der Waals surface area (Å²) in [5.41, 5.74) is 0. The van der Waals surface area contributed by atoms with Crippen molar-refractivity contribution in [1.82, 2.24) is 15.1 Å². The number of likely N-dealkylation sites (N-methyl/N-ethyl adjacent to an activating group) is 1. The van der Waals surface area contributed by atoms with Crippen molar-refractivity contribution in [3.63, 3.8) is 0 Å². The summed E-state index contributed by atoms with van der Waals surface area (Å²) in [4.78, 5) is 16.2. The van der Waals surface area contributed by atoms with Gasteiger partial charge in [0.2, 0.25) is 0 Å². The average Bonchev–Trinajstić information content (AvgIpc) is 2.27. The van der Waals surface area contributed by atoms with Gasteiger partial charge in [-0.3, -0.25) is 0 Å². The maximum atomic E-state index is 12.0. The van der Waals surface area contributed by atoms with Gasteiger partial charge in [-0.2, -0.15) is 11.8 Å². The van der Waals surface area contributed by atoms with Crippen molar-refractivity contribution < 1.29 is 4.79 Å². The number of carbonyl (C=O) groups is 1. The van der Waals surface area contributed by atoms with E-state index in [4.69, 9.17) is 0 Å². The lowest BCUT2D eigenvalue weighted by atomic mass is 10.3. The van der Waals surface area contributed by atoms with Gasteiger partial charge in [0.15, 0.2) is 0 Å². The van der Waals surface area contributed by atoms with Gasteiger partial charge in [-0.25, -0.2) is 4.79 Å². The van der Waals surface area contributed by atoms with Gasteiger partial charge in [0.1, 0.15) is 0 Å². The van der Waals surface area contributed by atoms with E-state index >= 15 is 0 Å². The van der Waals surface area contributed by atoms with Crippen LogP contribution in [0.3, 0.4) is 0 Å². The summed E-state index contributed by atoms with van der Waals surface area (Å²) in [7, 11) is 2.08. The molecule has 0 saturated carbocycles. The van der Waals surface area contributed by atoms with Gasteiger partial charge in [-0.15, -0.1) is 0 Å². The number of nitrogens with zero attached hydrogens (tertiary/aromatic N) is 2. The van der Waals surface area contributed by atoms with Crippen molar-refractivity contribution in [3.05, 3.63) is 0 Å². The molecule has 1 aliphatic heterocycles. The van der Waals surface area contributed by atoms with Crippen molar-refractivity contribution in [1.29, 1.82) is 0 Å². The van der Waals surface area contributed by atoms with E-state index in [1.807, 2.05) is 16.7 Å². The van der Waals surface area contributed by atoms with Gasteiger partial charge in [0.05, 0.1) is 0 Å². The monoisotopic (exact) mass is 273 g/mol. The second-order valence-corrected chi connectivity index (χ2v) is 7.35. The van der Waals surface area contributed by atoms with Gasteiger partial charge in [0.25, 0.3) is 0 Å². The lowest BCUT2D eigenvalue weighted by Crippen LogP contribution is -2.49. The highest BCUT2D eigenvalue weighted by Crippen LogP contribution is 2.24. The number of carbonyl (C=O) groups excluding carboxylic acids is 1. The Morgan fingerprint density at radius 2 is 1.94 bits per heavy atom. The quantitative estimate of drug-likeness (QED) is 0.849. The van der Waals surface area contributed by atoms with E-state index in [-0.39, 0.29) is 6.03 Å². The smallest absolute Gasteiger partial charge is 0.317 e. The molecule has 1 aliphatic rings. The Bertz CT molecular complexity index is 263. The molecule has 4 nitrogen and oxygen atoms in total. The minimum Gasteiger partial charge on any atom is -0.337 e. The van der Waals surface area contributed by atoms with Crippen molar-refractivity contribution in [2.45, 2.75) is 44.2 Å². The fourth-order valence-electron chi connectivity index (χ4n) is 2.05. The Hall–Kier alpha value is -0.420. The first-order valence-electron chi connectivity index (χ1n) is 6.78. The molecule has 1 fully saturated rings. The van der Waals surface area contributed by atoms with Crippen LogP contribution >= 0.6 is 11.8 Å². The summed E-state index contributed by atoms with van der Waals surface area (Å²) in [6.07, 6.45) is 0. The van der Waals surface area contributed by atoms with Crippen LogP contribution in [0.5, 0.6) is 0 Å². The highest BCUT2D eigenvalue weighted by atomic mass is 32.2. The Kier molecular flexibility index (Phi) is 6.29. The molecule has 0 spiro atoms. The molecule has 1 saturated heterocycles. The van der Waals surface area contributed by atoms with E-state index in [9.17, 15) is 4.79 Å². The molecule has 18 heavy (non-hydrogen) atoms. The van der Waals surface area contributed by atoms with E-state index in [0.717, 1.165) is 26.2 Å². The van der Waals surface area contributed by atoms with Crippen LogP contribution in [-0.2, 0) is 0 Å². The SMILES string of the molecule is CC(C)N(C)CCNC(=O)N1C[C@@H](C)S[C@@H](C)C1. The van der Waals surface area contributed by atoms with E-state index in [2.05, 4.69) is 45.0 Å². The summed E-state index contributed by atoms with van der Waals surface area (Å²) in [6.45, 7) is 12.0. The summed E-state index contributed by atoms with van der Waals surface area (Å²) < 4.78 is 0. The summed E-state index contributed by atoms with van der Waals surface area (Å²) in [6, 6.07) is 0.611. The van der Waals surface area contributed by atoms with E-state index in [0.29, 0.717) is 16.5 Å². The van der Waals surface area contributed by atoms with Crippen LogP contribution in [0.4, 0.5) is 4.79 Å². The van der Waals surface area contributed by atoms with Crippen LogP contribution in [0.1, 0.15) is 27.7 Å². The summed E-state index contributed by atoms with van der Waals surface area (Å²) in [5.74, 6) is 0. The molecule has 0 aromatic heterocycles. The second-order valence-electron chi connectivity index (χ2n) is 5.47. The standard InChI is InChI=1S/C13H27N3OS/c1-10(2)15(5)7-6-14-13(17)16-8-11(3)18-12(4)9-16/h10-12H,6-9H2,1-5H3,(H,14,17)/t11-,12+. The molecule has 0 unspecified atom stereocenters. The predicted octanol–water partition coefficient (Wildman–Crippen LogP) is 1.86. The number of amides is 2. The van der Waals surface area contributed by atoms with E-state index < -0.39 is 0 Å². The zero-order valence-electron chi connectivity index (χ0n) is 12.3. The van der Waals surface area contributed by atoms with Crippen molar-refractivity contribution in [2.24, 2.45) is 0 Å². The Labute approximate surface area is 115 Å². The Balaban J connectivity index is 2.28. The highest BCUT2D eigenvalue weighted by Gasteiger charge is 2.25. The zero-order chi connectivity index (χ0) is 13.7. The molecule has 1 N–H and O–H groups in total. The van der Waals surface area contributed by atoms with Crippen LogP contribution < -0.4 is 5.32 Å². The third-order valence-corrected chi connectivity index (χ3v) is 4.56. The molecule has 1 rings (SSSR count). The van der Waals surface area contributed by atoms with Crippen LogP contribution in [0.15, 0.2) is 0 Å². The molecule has 2 amide bonds. The van der Waals surface area contributed by atoms with Crippen molar-refractivity contribution in [2.75, 3.05) is 33.2 Å². The minimum absolute atomic E-state index is 0.0890. The summed E-state index contributed by atoms with van der Waals surface area (Å²) in [5, 5.41) is 4.09.